The van der Waals surface area contributed by atoms with Gasteiger partial charge in [0, 0.05) is 31.7 Å². The van der Waals surface area contributed by atoms with Crippen molar-refractivity contribution in [3.63, 3.8) is 0 Å². The summed E-state index contributed by atoms with van der Waals surface area (Å²) in [6, 6.07) is 16.5. The largest absolute Gasteiger partial charge is 0.453 e. The number of carbonyl (C=O) groups is 3. The predicted octanol–water partition coefficient (Wildman–Crippen LogP) is 3.76. The van der Waals surface area contributed by atoms with E-state index in [1.165, 1.54) is 7.11 Å². The van der Waals surface area contributed by atoms with Crippen LogP contribution in [0.3, 0.4) is 0 Å². The number of guanidine groups is 1. The van der Waals surface area contributed by atoms with Crippen LogP contribution >= 0.6 is 0 Å². The van der Waals surface area contributed by atoms with Gasteiger partial charge < -0.3 is 20.3 Å². The van der Waals surface area contributed by atoms with E-state index >= 15 is 0 Å². The lowest BCUT2D eigenvalue weighted by Gasteiger charge is -2.34. The van der Waals surface area contributed by atoms with Crippen molar-refractivity contribution in [1.29, 1.82) is 0 Å². The summed E-state index contributed by atoms with van der Waals surface area (Å²) in [4.78, 5) is 48.8. The summed E-state index contributed by atoms with van der Waals surface area (Å²) >= 11 is 0. The van der Waals surface area contributed by atoms with Crippen LogP contribution in [0.2, 0.25) is 0 Å². The lowest BCUT2D eigenvalue weighted by molar-refractivity contribution is -0.133. The number of hydrogen-bond donors (Lipinski definition) is 1. The van der Waals surface area contributed by atoms with E-state index in [1.54, 1.807) is 20.8 Å². The van der Waals surface area contributed by atoms with Crippen molar-refractivity contribution in [2.24, 2.45) is 16.6 Å². The molecule has 0 spiro atoms. The molecule has 2 atom stereocenters. The van der Waals surface area contributed by atoms with E-state index in [0.717, 1.165) is 17.5 Å². The first-order valence-electron chi connectivity index (χ1n) is 13.1. The van der Waals surface area contributed by atoms with Gasteiger partial charge in [-0.15, -0.1) is 0 Å². The Hall–Kier alpha value is -3.88. The summed E-state index contributed by atoms with van der Waals surface area (Å²) in [6.07, 6.45) is 1.00. The predicted molar refractivity (Wildman–Crippen MR) is 145 cm³/mol. The number of rotatable bonds is 7. The third kappa shape index (κ3) is 5.23. The fourth-order valence-electron chi connectivity index (χ4n) is 5.17. The second kappa shape index (κ2) is 11.2. The molecular weight excluding hydrogens is 482 g/mol. The fourth-order valence-corrected chi connectivity index (χ4v) is 5.17. The smallest absolute Gasteiger partial charge is 0.409 e. The zero-order valence-corrected chi connectivity index (χ0v) is 22.6. The minimum Gasteiger partial charge on any atom is -0.453 e. The molecule has 2 heterocycles. The molecule has 2 aromatic carbocycles. The summed E-state index contributed by atoms with van der Waals surface area (Å²) in [6.45, 7) is 7.85. The Balaban J connectivity index is 1.55. The van der Waals surface area contributed by atoms with Crippen molar-refractivity contribution in [2.75, 3.05) is 33.3 Å². The van der Waals surface area contributed by atoms with Crippen LogP contribution in [-0.4, -0.2) is 71.9 Å². The Kier molecular flexibility index (Phi) is 8.04. The molecule has 9 heteroatoms. The van der Waals surface area contributed by atoms with Crippen LogP contribution in [0, 0.1) is 5.92 Å². The van der Waals surface area contributed by atoms with E-state index in [0.29, 0.717) is 44.1 Å². The van der Waals surface area contributed by atoms with Crippen LogP contribution in [0.1, 0.15) is 61.1 Å². The normalized spacial score (nSPS) is 20.5. The van der Waals surface area contributed by atoms with Gasteiger partial charge in [-0.1, -0.05) is 56.3 Å². The quantitative estimate of drug-likeness (QED) is 0.599. The standard InChI is InChI=1S/C29H37N5O4/c1-20(2)13-14-29(24-11-6-5-7-12-24)26(36)34(27(30)31-29)21(3)22-9-8-10-23(19-22)25(35)32-15-17-33(18-16-32)28(37)38-4/h5-12,19-21H,13-18H2,1-4H3,(H2,30,31). The first kappa shape index (κ1) is 27.2. The fraction of sp³-hybridized carbons (Fsp3) is 0.448. The lowest BCUT2D eigenvalue weighted by Crippen LogP contribution is -2.50. The third-order valence-electron chi connectivity index (χ3n) is 7.46. The third-order valence-corrected chi connectivity index (χ3v) is 7.46. The summed E-state index contributed by atoms with van der Waals surface area (Å²) in [7, 11) is 1.35. The number of methoxy groups -OCH3 is 1. The molecule has 2 N–H and O–H groups in total. The Morgan fingerprint density at radius 3 is 2.29 bits per heavy atom. The highest BCUT2D eigenvalue weighted by atomic mass is 16.5. The zero-order chi connectivity index (χ0) is 27.4. The van der Waals surface area contributed by atoms with Gasteiger partial charge in [-0.05, 0) is 48.9 Å². The van der Waals surface area contributed by atoms with E-state index in [-0.39, 0.29) is 23.9 Å². The molecule has 0 bridgehead atoms. The summed E-state index contributed by atoms with van der Waals surface area (Å²) in [5.74, 6) is 0.327. The Morgan fingerprint density at radius 2 is 1.66 bits per heavy atom. The van der Waals surface area contributed by atoms with Gasteiger partial charge in [-0.2, -0.15) is 0 Å². The second-order valence-corrected chi connectivity index (χ2v) is 10.4. The number of aliphatic imine (C=N–C) groups is 1. The van der Waals surface area contributed by atoms with E-state index in [9.17, 15) is 14.4 Å². The maximum Gasteiger partial charge on any atom is 0.409 e. The van der Waals surface area contributed by atoms with E-state index < -0.39 is 11.6 Å². The van der Waals surface area contributed by atoms with Gasteiger partial charge >= 0.3 is 6.09 Å². The molecule has 2 aromatic rings. The number of nitrogens with two attached hydrogens (primary N) is 1. The highest BCUT2D eigenvalue weighted by molar-refractivity contribution is 6.07. The SMILES string of the molecule is COC(=O)N1CCN(C(=O)c2cccc(C(C)N3C(=O)C(CCC(C)C)(c4ccccc4)N=C3N)c2)CC1. The number of piperazine rings is 1. The van der Waals surface area contributed by atoms with Gasteiger partial charge in [0.25, 0.3) is 11.8 Å². The topological polar surface area (TPSA) is 109 Å². The van der Waals surface area contributed by atoms with Crippen LogP contribution in [0.25, 0.3) is 0 Å². The number of benzene rings is 2. The molecule has 0 saturated carbocycles. The molecule has 4 rings (SSSR count). The molecular formula is C29H37N5O4. The van der Waals surface area contributed by atoms with Crippen molar-refractivity contribution in [3.05, 3.63) is 71.3 Å². The molecule has 2 aliphatic heterocycles. The molecule has 202 valence electrons. The van der Waals surface area contributed by atoms with E-state index in [2.05, 4.69) is 13.8 Å². The van der Waals surface area contributed by atoms with E-state index in [1.807, 2.05) is 55.5 Å². The van der Waals surface area contributed by atoms with Crippen molar-refractivity contribution in [2.45, 2.75) is 45.2 Å². The van der Waals surface area contributed by atoms with Crippen molar-refractivity contribution < 1.29 is 19.1 Å². The van der Waals surface area contributed by atoms with Crippen molar-refractivity contribution in [1.82, 2.24) is 14.7 Å². The summed E-state index contributed by atoms with van der Waals surface area (Å²) < 4.78 is 4.78. The van der Waals surface area contributed by atoms with Gasteiger partial charge in [-0.3, -0.25) is 14.5 Å². The highest BCUT2D eigenvalue weighted by Crippen LogP contribution is 2.41. The van der Waals surface area contributed by atoms with Gasteiger partial charge in [0.2, 0.25) is 0 Å². The number of hydrogen-bond acceptors (Lipinski definition) is 6. The molecule has 2 unspecified atom stereocenters. The monoisotopic (exact) mass is 519 g/mol. The zero-order valence-electron chi connectivity index (χ0n) is 22.6. The molecule has 38 heavy (non-hydrogen) atoms. The highest BCUT2D eigenvalue weighted by Gasteiger charge is 2.50. The van der Waals surface area contributed by atoms with Crippen LogP contribution in [0.15, 0.2) is 59.6 Å². The molecule has 2 aliphatic rings. The first-order valence-corrected chi connectivity index (χ1v) is 13.1. The minimum atomic E-state index is -1.06. The van der Waals surface area contributed by atoms with Crippen molar-refractivity contribution >= 4 is 23.9 Å². The van der Waals surface area contributed by atoms with Crippen LogP contribution in [0.4, 0.5) is 4.79 Å². The molecule has 1 saturated heterocycles. The average Bonchev–Trinajstić information content (AvgIpc) is 3.21. The van der Waals surface area contributed by atoms with Gasteiger partial charge in [0.1, 0.15) is 0 Å². The molecule has 1 fully saturated rings. The second-order valence-electron chi connectivity index (χ2n) is 10.4. The minimum absolute atomic E-state index is 0.117. The maximum atomic E-state index is 14.1. The van der Waals surface area contributed by atoms with Crippen LogP contribution < -0.4 is 5.73 Å². The molecule has 0 aliphatic carbocycles. The number of ether oxygens (including phenoxy) is 1. The van der Waals surface area contributed by atoms with E-state index in [4.69, 9.17) is 15.5 Å². The number of nitrogens with zero attached hydrogens (tertiary/aromatic N) is 4. The Morgan fingerprint density at radius 1 is 1.00 bits per heavy atom. The first-order chi connectivity index (χ1) is 18.2. The van der Waals surface area contributed by atoms with Gasteiger partial charge in [-0.25, -0.2) is 9.79 Å². The van der Waals surface area contributed by atoms with Gasteiger partial charge in [0.05, 0.1) is 13.2 Å². The summed E-state index contributed by atoms with van der Waals surface area (Å²) in [5, 5.41) is 0. The summed E-state index contributed by atoms with van der Waals surface area (Å²) in [5.41, 5.74) is 7.52. The average molecular weight is 520 g/mol. The Labute approximate surface area is 224 Å². The Bertz CT molecular complexity index is 1210. The molecule has 0 aromatic heterocycles. The molecule has 3 amide bonds. The maximum absolute atomic E-state index is 14.1. The lowest BCUT2D eigenvalue weighted by atomic mass is 9.83. The van der Waals surface area contributed by atoms with Crippen molar-refractivity contribution in [3.8, 4) is 0 Å². The molecule has 0 radical (unpaired) electrons. The van der Waals surface area contributed by atoms with Gasteiger partial charge in [0.15, 0.2) is 11.5 Å². The number of amides is 3. The molecule has 9 nitrogen and oxygen atoms in total. The van der Waals surface area contributed by atoms with Crippen LogP contribution in [-0.2, 0) is 15.1 Å². The number of carbonyl (C=O) groups excluding carboxylic acids is 3. The van der Waals surface area contributed by atoms with Crippen LogP contribution in [0.5, 0.6) is 0 Å².